The summed E-state index contributed by atoms with van der Waals surface area (Å²) in [6.45, 7) is 2.06. The molecule has 1 unspecified atom stereocenters. The molecule has 0 spiro atoms. The third-order valence-electron chi connectivity index (χ3n) is 2.74. The number of anilines is 1. The predicted molar refractivity (Wildman–Crippen MR) is 78.1 cm³/mol. The van der Waals surface area contributed by atoms with Crippen molar-refractivity contribution in [1.29, 1.82) is 0 Å². The fraction of sp³-hybridized carbons (Fsp3) is 0.636. The zero-order chi connectivity index (χ0) is 11.5. The molecule has 0 aliphatic carbocycles. The first-order valence-electron chi connectivity index (χ1n) is 5.55. The molecule has 3 nitrogen and oxygen atoms in total. The molecule has 1 N–H and O–H groups in total. The number of hydrogen-bond donors (Lipinski definition) is 1. The molecule has 2 heterocycles. The van der Waals surface area contributed by atoms with E-state index in [1.54, 1.807) is 0 Å². The lowest BCUT2D eigenvalue weighted by molar-refractivity contribution is 0.660. The SMILES string of the molecule is CNc1nc(C2CCCCS2)nc(C)c1I. The summed E-state index contributed by atoms with van der Waals surface area (Å²) in [5.41, 5.74) is 1.08. The number of rotatable bonds is 2. The van der Waals surface area contributed by atoms with Crippen molar-refractivity contribution in [3.8, 4) is 0 Å². The lowest BCUT2D eigenvalue weighted by Gasteiger charge is -2.21. The predicted octanol–water partition coefficient (Wildman–Crippen LogP) is 3.39. The van der Waals surface area contributed by atoms with E-state index in [2.05, 4.69) is 44.8 Å². The largest absolute Gasteiger partial charge is 0.372 e. The number of hydrogen-bond acceptors (Lipinski definition) is 4. The van der Waals surface area contributed by atoms with E-state index >= 15 is 0 Å². The maximum atomic E-state index is 4.63. The van der Waals surface area contributed by atoms with Crippen LogP contribution in [-0.4, -0.2) is 22.8 Å². The van der Waals surface area contributed by atoms with E-state index in [-0.39, 0.29) is 0 Å². The maximum absolute atomic E-state index is 4.63. The molecule has 1 aromatic rings. The van der Waals surface area contributed by atoms with E-state index in [0.29, 0.717) is 5.25 Å². The molecule has 88 valence electrons. The molecular formula is C11H16IN3S. The van der Waals surface area contributed by atoms with Crippen molar-refractivity contribution in [1.82, 2.24) is 9.97 Å². The number of halogens is 1. The monoisotopic (exact) mass is 349 g/mol. The molecule has 0 amide bonds. The molecule has 5 heteroatoms. The Bertz CT molecular complexity index is 378. The van der Waals surface area contributed by atoms with Gasteiger partial charge in [-0.15, -0.1) is 0 Å². The van der Waals surface area contributed by atoms with E-state index in [1.807, 2.05) is 18.8 Å². The van der Waals surface area contributed by atoms with Crippen molar-refractivity contribution < 1.29 is 0 Å². The van der Waals surface area contributed by atoms with Crippen LogP contribution >= 0.6 is 34.4 Å². The molecule has 1 aliphatic rings. The van der Waals surface area contributed by atoms with E-state index < -0.39 is 0 Å². The summed E-state index contributed by atoms with van der Waals surface area (Å²) >= 11 is 4.29. The van der Waals surface area contributed by atoms with Crippen molar-refractivity contribution in [3.05, 3.63) is 15.1 Å². The lowest BCUT2D eigenvalue weighted by atomic mass is 10.2. The third-order valence-corrected chi connectivity index (χ3v) is 5.40. The van der Waals surface area contributed by atoms with Crippen molar-refractivity contribution in [2.45, 2.75) is 31.4 Å². The second kappa shape index (κ2) is 5.53. The van der Waals surface area contributed by atoms with Crippen molar-refractivity contribution >= 4 is 40.2 Å². The highest BCUT2D eigenvalue weighted by Gasteiger charge is 2.20. The number of thioether (sulfide) groups is 1. The van der Waals surface area contributed by atoms with Crippen LogP contribution in [0.3, 0.4) is 0 Å². The molecular weight excluding hydrogens is 333 g/mol. The first kappa shape index (κ1) is 12.4. The Morgan fingerprint density at radius 2 is 2.19 bits per heavy atom. The third kappa shape index (κ3) is 2.61. The minimum Gasteiger partial charge on any atom is -0.372 e. The Morgan fingerprint density at radius 3 is 2.81 bits per heavy atom. The van der Waals surface area contributed by atoms with Gasteiger partial charge in [-0.05, 0) is 48.1 Å². The number of nitrogens with zero attached hydrogens (tertiary/aromatic N) is 2. The fourth-order valence-electron chi connectivity index (χ4n) is 1.83. The first-order chi connectivity index (χ1) is 7.72. The van der Waals surface area contributed by atoms with Gasteiger partial charge in [0.1, 0.15) is 11.6 Å². The standard InChI is InChI=1S/C11H16IN3S/c1-7-9(12)11(13-2)15-10(14-7)8-5-3-4-6-16-8/h8H,3-6H2,1-2H3,(H,13,14,15). The molecule has 0 saturated carbocycles. The molecule has 1 aliphatic heterocycles. The minimum atomic E-state index is 0.497. The van der Waals surface area contributed by atoms with Gasteiger partial charge in [-0.3, -0.25) is 0 Å². The highest BCUT2D eigenvalue weighted by Crippen LogP contribution is 2.37. The summed E-state index contributed by atoms with van der Waals surface area (Å²) in [6, 6.07) is 0. The fourth-order valence-corrected chi connectivity index (χ4v) is 3.59. The Morgan fingerprint density at radius 1 is 1.38 bits per heavy atom. The minimum absolute atomic E-state index is 0.497. The molecule has 0 aromatic carbocycles. The van der Waals surface area contributed by atoms with Crippen molar-refractivity contribution in [3.63, 3.8) is 0 Å². The topological polar surface area (TPSA) is 37.8 Å². The van der Waals surface area contributed by atoms with Gasteiger partial charge in [0.05, 0.1) is 14.5 Å². The normalized spacial score (nSPS) is 20.8. The molecule has 1 atom stereocenters. The summed E-state index contributed by atoms with van der Waals surface area (Å²) in [6.07, 6.45) is 3.86. The van der Waals surface area contributed by atoms with Crippen LogP contribution in [0.5, 0.6) is 0 Å². The van der Waals surface area contributed by atoms with Gasteiger partial charge >= 0.3 is 0 Å². The van der Waals surface area contributed by atoms with Crippen LogP contribution in [0.2, 0.25) is 0 Å². The van der Waals surface area contributed by atoms with Crippen LogP contribution in [0.15, 0.2) is 0 Å². The van der Waals surface area contributed by atoms with E-state index in [4.69, 9.17) is 0 Å². The van der Waals surface area contributed by atoms with Crippen LogP contribution in [0, 0.1) is 10.5 Å². The van der Waals surface area contributed by atoms with Gasteiger partial charge in [0.2, 0.25) is 0 Å². The molecule has 0 radical (unpaired) electrons. The molecule has 1 fully saturated rings. The highest BCUT2D eigenvalue weighted by atomic mass is 127. The van der Waals surface area contributed by atoms with Gasteiger partial charge in [0.15, 0.2) is 0 Å². The van der Waals surface area contributed by atoms with Crippen molar-refractivity contribution in [2.24, 2.45) is 0 Å². The smallest absolute Gasteiger partial charge is 0.144 e. The first-order valence-corrected chi connectivity index (χ1v) is 7.68. The zero-order valence-electron chi connectivity index (χ0n) is 9.59. The van der Waals surface area contributed by atoms with Crippen LogP contribution in [0.25, 0.3) is 0 Å². The van der Waals surface area contributed by atoms with Crippen LogP contribution in [0.4, 0.5) is 5.82 Å². The van der Waals surface area contributed by atoms with E-state index in [9.17, 15) is 0 Å². The molecule has 1 saturated heterocycles. The number of aryl methyl sites for hydroxylation is 1. The Kier molecular flexibility index (Phi) is 4.29. The zero-order valence-corrected chi connectivity index (χ0v) is 12.6. The van der Waals surface area contributed by atoms with Gasteiger partial charge in [0.25, 0.3) is 0 Å². The summed E-state index contributed by atoms with van der Waals surface area (Å²) in [5.74, 6) is 3.22. The van der Waals surface area contributed by atoms with Crippen molar-refractivity contribution in [2.75, 3.05) is 18.1 Å². The lowest BCUT2D eigenvalue weighted by Crippen LogP contribution is -2.10. The Labute approximate surface area is 114 Å². The summed E-state index contributed by atoms with van der Waals surface area (Å²) in [4.78, 5) is 9.25. The van der Waals surface area contributed by atoms with Crippen LogP contribution in [-0.2, 0) is 0 Å². The molecule has 1 aromatic heterocycles. The maximum Gasteiger partial charge on any atom is 0.144 e. The summed E-state index contributed by atoms with van der Waals surface area (Å²) in [5, 5.41) is 3.64. The second-order valence-corrected chi connectivity index (χ2v) is 6.32. The van der Waals surface area contributed by atoms with E-state index in [0.717, 1.165) is 20.9 Å². The van der Waals surface area contributed by atoms with Gasteiger partial charge < -0.3 is 5.32 Å². The Balaban J connectivity index is 2.29. The van der Waals surface area contributed by atoms with Gasteiger partial charge in [0, 0.05) is 7.05 Å². The molecule has 2 rings (SSSR count). The number of nitrogens with one attached hydrogen (secondary N) is 1. The molecule has 0 bridgehead atoms. The van der Waals surface area contributed by atoms with Gasteiger partial charge in [-0.2, -0.15) is 11.8 Å². The van der Waals surface area contributed by atoms with E-state index in [1.165, 1.54) is 25.0 Å². The highest BCUT2D eigenvalue weighted by molar-refractivity contribution is 14.1. The average Bonchev–Trinajstić information content (AvgIpc) is 2.33. The molecule has 16 heavy (non-hydrogen) atoms. The average molecular weight is 349 g/mol. The second-order valence-electron chi connectivity index (χ2n) is 3.94. The van der Waals surface area contributed by atoms with Crippen LogP contribution in [0.1, 0.15) is 36.0 Å². The van der Waals surface area contributed by atoms with Crippen LogP contribution < -0.4 is 5.32 Å². The summed E-state index contributed by atoms with van der Waals surface area (Å²) < 4.78 is 1.13. The summed E-state index contributed by atoms with van der Waals surface area (Å²) in [7, 11) is 1.92. The Hall–Kier alpha value is -0.0400. The quantitative estimate of drug-likeness (QED) is 0.831. The number of aromatic nitrogens is 2. The van der Waals surface area contributed by atoms with Gasteiger partial charge in [-0.25, -0.2) is 9.97 Å². The van der Waals surface area contributed by atoms with Gasteiger partial charge in [-0.1, -0.05) is 6.42 Å².